The lowest BCUT2D eigenvalue weighted by Crippen LogP contribution is -2.58. The van der Waals surface area contributed by atoms with Gasteiger partial charge in [0.15, 0.2) is 0 Å². The van der Waals surface area contributed by atoms with Crippen molar-refractivity contribution in [1.82, 2.24) is 16.0 Å². The van der Waals surface area contributed by atoms with E-state index in [2.05, 4.69) is 28.6 Å². The molecule has 0 radical (unpaired) electrons. The van der Waals surface area contributed by atoms with E-state index in [1.807, 2.05) is 13.8 Å². The topological polar surface area (TPSA) is 188 Å². The lowest BCUT2D eigenvalue weighted by molar-refractivity contribution is -0.143. The van der Waals surface area contributed by atoms with E-state index >= 15 is 0 Å². The van der Waals surface area contributed by atoms with Crippen LogP contribution >= 0.6 is 12.6 Å². The van der Waals surface area contributed by atoms with Gasteiger partial charge in [-0.1, -0.05) is 44.2 Å². The van der Waals surface area contributed by atoms with E-state index in [9.17, 15) is 29.1 Å². The third-order valence-electron chi connectivity index (χ3n) is 5.05. The fourth-order valence-corrected chi connectivity index (χ4v) is 3.48. The quantitative estimate of drug-likeness (QED) is 0.160. The van der Waals surface area contributed by atoms with Gasteiger partial charge in [0.05, 0.1) is 6.04 Å². The summed E-state index contributed by atoms with van der Waals surface area (Å²) < 4.78 is 0. The lowest BCUT2D eigenvalue weighted by atomic mass is 10.0. The number of rotatable bonds is 15. The summed E-state index contributed by atoms with van der Waals surface area (Å²) in [7, 11) is 0. The summed E-state index contributed by atoms with van der Waals surface area (Å²) >= 11 is 4.08. The summed E-state index contributed by atoms with van der Waals surface area (Å²) in [5, 5.41) is 25.8. The molecule has 0 saturated carbocycles. The largest absolute Gasteiger partial charge is 0.481 e. The summed E-state index contributed by atoms with van der Waals surface area (Å²) in [6.07, 6.45) is -0.352. The van der Waals surface area contributed by atoms with E-state index < -0.39 is 60.2 Å². The first kappa shape index (κ1) is 29.9. The molecule has 35 heavy (non-hydrogen) atoms. The zero-order valence-corrected chi connectivity index (χ0v) is 20.7. The minimum absolute atomic E-state index is 0.00935. The molecular weight excluding hydrogens is 476 g/mol. The van der Waals surface area contributed by atoms with E-state index in [0.29, 0.717) is 12.0 Å². The highest BCUT2D eigenvalue weighted by molar-refractivity contribution is 7.80. The van der Waals surface area contributed by atoms with Crippen LogP contribution in [-0.4, -0.2) is 69.8 Å². The van der Waals surface area contributed by atoms with Crippen LogP contribution in [0, 0.1) is 5.92 Å². The average molecular weight is 511 g/mol. The average Bonchev–Trinajstić information content (AvgIpc) is 2.79. The molecule has 12 heteroatoms. The number of thiol groups is 1. The van der Waals surface area contributed by atoms with Crippen molar-refractivity contribution in [2.45, 2.75) is 63.7 Å². The molecule has 1 aromatic rings. The Bertz CT molecular complexity index is 882. The molecule has 0 saturated heterocycles. The van der Waals surface area contributed by atoms with Gasteiger partial charge < -0.3 is 31.9 Å². The van der Waals surface area contributed by atoms with E-state index in [-0.39, 0.29) is 24.5 Å². The summed E-state index contributed by atoms with van der Waals surface area (Å²) in [5.74, 6) is -4.63. The molecular formula is C23H34N4O7S. The van der Waals surface area contributed by atoms with E-state index in [0.717, 1.165) is 0 Å². The number of nitrogens with one attached hydrogen (secondary N) is 3. The van der Waals surface area contributed by atoms with Crippen LogP contribution in [-0.2, 0) is 30.4 Å². The van der Waals surface area contributed by atoms with Gasteiger partial charge in [0.25, 0.3) is 0 Å². The van der Waals surface area contributed by atoms with Crippen LogP contribution < -0.4 is 21.7 Å². The second kappa shape index (κ2) is 15.0. The maximum atomic E-state index is 12.9. The summed E-state index contributed by atoms with van der Waals surface area (Å²) in [5.41, 5.74) is 6.51. The normalized spacial score (nSPS) is 14.3. The van der Waals surface area contributed by atoms with Crippen molar-refractivity contribution < 1.29 is 34.2 Å². The maximum absolute atomic E-state index is 12.9. The zero-order valence-electron chi connectivity index (χ0n) is 19.8. The number of aliphatic carboxylic acids is 2. The Kier molecular flexibility index (Phi) is 12.8. The van der Waals surface area contributed by atoms with Crippen molar-refractivity contribution in [3.05, 3.63) is 35.9 Å². The van der Waals surface area contributed by atoms with Gasteiger partial charge in [-0.2, -0.15) is 12.6 Å². The number of amides is 3. The van der Waals surface area contributed by atoms with Crippen molar-refractivity contribution in [2.24, 2.45) is 11.7 Å². The molecule has 0 aliphatic carbocycles. The Balaban J connectivity index is 2.92. The first-order valence-corrected chi connectivity index (χ1v) is 11.8. The second-order valence-corrected chi connectivity index (χ2v) is 8.93. The molecule has 194 valence electrons. The van der Waals surface area contributed by atoms with Gasteiger partial charge in [-0.15, -0.1) is 0 Å². The minimum atomic E-state index is -1.35. The number of nitrogens with two attached hydrogens (primary N) is 1. The number of hydrogen-bond acceptors (Lipinski definition) is 7. The Morgan fingerprint density at radius 1 is 0.886 bits per heavy atom. The van der Waals surface area contributed by atoms with E-state index in [4.69, 9.17) is 10.8 Å². The van der Waals surface area contributed by atoms with Gasteiger partial charge in [0.2, 0.25) is 17.7 Å². The standard InChI is InChI=1S/C23H34N4O7S/c1-13(2)10-15(24)20(30)27-18(12-35)22(32)25-16(8-9-19(28)29)21(31)26-17(23(33)34)11-14-6-4-3-5-7-14/h3-7,13,15-18,35H,8-12,24H2,1-2H3,(H,25,32)(H,26,31)(H,27,30)(H,28,29)(H,33,34). The van der Waals surface area contributed by atoms with Gasteiger partial charge in [-0.25, -0.2) is 4.79 Å². The van der Waals surface area contributed by atoms with Gasteiger partial charge in [0.1, 0.15) is 18.1 Å². The van der Waals surface area contributed by atoms with Crippen LogP contribution in [0.5, 0.6) is 0 Å². The third kappa shape index (κ3) is 11.2. The fraction of sp³-hybridized carbons (Fsp3) is 0.522. The Hall–Kier alpha value is -3.12. The molecule has 7 N–H and O–H groups in total. The van der Waals surface area contributed by atoms with Crippen LogP contribution in [0.25, 0.3) is 0 Å². The molecule has 0 aliphatic heterocycles. The predicted molar refractivity (Wildman–Crippen MR) is 132 cm³/mol. The molecule has 4 unspecified atom stereocenters. The van der Waals surface area contributed by atoms with Gasteiger partial charge >= 0.3 is 11.9 Å². The smallest absolute Gasteiger partial charge is 0.326 e. The van der Waals surface area contributed by atoms with Crippen molar-refractivity contribution >= 4 is 42.3 Å². The summed E-state index contributed by atoms with van der Waals surface area (Å²) in [6.45, 7) is 3.79. The molecule has 0 fully saturated rings. The Labute approximate surface area is 209 Å². The van der Waals surface area contributed by atoms with Crippen LogP contribution in [0.3, 0.4) is 0 Å². The molecule has 0 bridgehead atoms. The number of hydrogen-bond donors (Lipinski definition) is 7. The van der Waals surface area contributed by atoms with Crippen LogP contribution in [0.4, 0.5) is 0 Å². The highest BCUT2D eigenvalue weighted by atomic mass is 32.1. The van der Waals surface area contributed by atoms with Gasteiger partial charge in [-0.05, 0) is 24.3 Å². The van der Waals surface area contributed by atoms with Crippen LogP contribution in [0.2, 0.25) is 0 Å². The highest BCUT2D eigenvalue weighted by Gasteiger charge is 2.30. The van der Waals surface area contributed by atoms with E-state index in [1.165, 1.54) is 0 Å². The van der Waals surface area contributed by atoms with Crippen molar-refractivity contribution in [3.8, 4) is 0 Å². The molecule has 1 rings (SSSR count). The first-order valence-electron chi connectivity index (χ1n) is 11.2. The molecule has 0 aliphatic rings. The number of carbonyl (C=O) groups excluding carboxylic acids is 3. The Morgan fingerprint density at radius 2 is 1.43 bits per heavy atom. The molecule has 1 aromatic carbocycles. The molecule has 0 heterocycles. The lowest BCUT2D eigenvalue weighted by Gasteiger charge is -2.24. The predicted octanol–water partition coefficient (Wildman–Crippen LogP) is -0.0639. The number of carbonyl (C=O) groups is 5. The SMILES string of the molecule is CC(C)CC(N)C(=O)NC(CS)C(=O)NC(CCC(=O)O)C(=O)NC(Cc1ccccc1)C(=O)O. The monoisotopic (exact) mass is 510 g/mol. The van der Waals surface area contributed by atoms with Gasteiger partial charge in [-0.3, -0.25) is 19.2 Å². The third-order valence-corrected chi connectivity index (χ3v) is 5.42. The number of carboxylic acid groups (broad SMARTS) is 2. The summed E-state index contributed by atoms with van der Waals surface area (Å²) in [6, 6.07) is 4.00. The van der Waals surface area contributed by atoms with E-state index in [1.54, 1.807) is 30.3 Å². The van der Waals surface area contributed by atoms with Crippen LogP contribution in [0.1, 0.15) is 38.7 Å². The fourth-order valence-electron chi connectivity index (χ4n) is 3.22. The maximum Gasteiger partial charge on any atom is 0.326 e. The molecule has 11 nitrogen and oxygen atoms in total. The van der Waals surface area contributed by atoms with Crippen molar-refractivity contribution in [3.63, 3.8) is 0 Å². The highest BCUT2D eigenvalue weighted by Crippen LogP contribution is 2.07. The molecule has 0 spiro atoms. The number of benzene rings is 1. The van der Waals surface area contributed by atoms with Crippen molar-refractivity contribution in [2.75, 3.05) is 5.75 Å². The zero-order chi connectivity index (χ0) is 26.5. The van der Waals surface area contributed by atoms with Crippen molar-refractivity contribution in [1.29, 1.82) is 0 Å². The molecule has 4 atom stereocenters. The molecule has 0 aromatic heterocycles. The number of carboxylic acids is 2. The van der Waals surface area contributed by atoms with Gasteiger partial charge in [0, 0.05) is 18.6 Å². The summed E-state index contributed by atoms with van der Waals surface area (Å²) in [4.78, 5) is 60.7. The van der Waals surface area contributed by atoms with Crippen LogP contribution in [0.15, 0.2) is 30.3 Å². The molecule has 3 amide bonds. The minimum Gasteiger partial charge on any atom is -0.481 e. The second-order valence-electron chi connectivity index (χ2n) is 8.56. The Morgan fingerprint density at radius 3 is 1.94 bits per heavy atom. The first-order chi connectivity index (χ1) is 16.4.